The second-order valence-corrected chi connectivity index (χ2v) is 12.6. The number of hydrazone groups is 1. The van der Waals surface area contributed by atoms with Gasteiger partial charge >= 0.3 is 71.1 Å². The molecule has 0 atom stereocenters. The maximum Gasteiger partial charge on any atom is 1.00 e. The van der Waals surface area contributed by atoms with E-state index in [1.807, 2.05) is 0 Å². The van der Waals surface area contributed by atoms with Gasteiger partial charge in [0, 0.05) is 0 Å². The van der Waals surface area contributed by atoms with Crippen LogP contribution in [0.2, 0.25) is 0 Å². The van der Waals surface area contributed by atoms with Crippen molar-refractivity contribution in [3.8, 4) is 11.6 Å². The molecule has 0 saturated carbocycles. The van der Waals surface area contributed by atoms with Gasteiger partial charge in [0.2, 0.25) is 5.88 Å². The van der Waals surface area contributed by atoms with Crippen molar-refractivity contribution in [2.24, 2.45) is 5.10 Å². The fourth-order valence-corrected chi connectivity index (χ4v) is 5.26. The molecule has 3 aromatic rings. The summed E-state index contributed by atoms with van der Waals surface area (Å²) in [5, 5.41) is 19.0. The summed E-state index contributed by atoms with van der Waals surface area (Å²) in [4.78, 5) is 36.4. The van der Waals surface area contributed by atoms with E-state index in [1.165, 1.54) is 50.3 Å². The molecule has 0 aliphatic carbocycles. The van der Waals surface area contributed by atoms with Gasteiger partial charge < -0.3 is 23.7 Å². The summed E-state index contributed by atoms with van der Waals surface area (Å²) in [5.74, 6) is -6.25. The Labute approximate surface area is 345 Å². The van der Waals surface area contributed by atoms with Crippen molar-refractivity contribution in [3.05, 3.63) is 101 Å². The van der Waals surface area contributed by atoms with E-state index >= 15 is 0 Å². The predicted octanol–water partition coefficient (Wildman–Crippen LogP) is -3.13. The Balaban J connectivity index is 0.00000486. The number of esters is 2. The Morgan fingerprint density at radius 1 is 0.830 bits per heavy atom. The van der Waals surface area contributed by atoms with Crippen molar-refractivity contribution < 1.29 is 123 Å². The van der Waals surface area contributed by atoms with Gasteiger partial charge in [0.15, 0.2) is 11.4 Å². The van der Waals surface area contributed by atoms with Gasteiger partial charge in [-0.2, -0.15) is 19.9 Å². The fraction of sp³-hybridized carbons (Fsp3) is 0.129. The summed E-state index contributed by atoms with van der Waals surface area (Å²) in [7, 11) is -9.99. The average molecular weight is 791 g/mol. The number of anilines is 1. The first-order chi connectivity index (χ1) is 24.0. The number of hydrogen-bond acceptors (Lipinski definition) is 14. The van der Waals surface area contributed by atoms with Crippen LogP contribution in [0.5, 0.6) is 5.88 Å². The smallest absolute Gasteiger partial charge is 0.744 e. The predicted molar refractivity (Wildman–Crippen MR) is 170 cm³/mol. The van der Waals surface area contributed by atoms with Gasteiger partial charge in [-0.3, -0.25) is 4.79 Å². The van der Waals surface area contributed by atoms with Crippen LogP contribution in [-0.4, -0.2) is 77.6 Å². The van der Waals surface area contributed by atoms with Gasteiger partial charge in [-0.15, -0.1) is 0 Å². The number of aromatic nitrogens is 2. The standard InChI is InChI=1S/C31H26F2N4O12S2.2Na/c1-3-48-30(40)26-20(28(38)36(34-26)24-14-12-18(16-22(24)32)50(42,43)44)10-8-6-5-7-9-11-21-27(31(41)49-4-2)35-37(29(21)39)25-15-13-19(17-23(25)33)51(45,46)47;;/h5-17,38H,3-4H2,1-2H3,(H,42,43,44)(H,45,46,47);;/q;2*+1/p-2/b6-5+,9-7+,10-8+,21-11-;;/i32-1,33-1;;. The number of carbonyl (C=O) groups excluding carboxylic acids is 3. The van der Waals surface area contributed by atoms with E-state index in [-0.39, 0.29) is 83.5 Å². The second-order valence-electron chi connectivity index (χ2n) is 9.85. The molecule has 4 rings (SSSR count). The Morgan fingerprint density at radius 2 is 1.34 bits per heavy atom. The first kappa shape index (κ1) is 45.3. The van der Waals surface area contributed by atoms with Crippen LogP contribution in [0.15, 0.2) is 93.3 Å². The number of halogens is 2. The molecule has 22 heteroatoms. The van der Waals surface area contributed by atoms with Crippen molar-refractivity contribution >= 4 is 55.6 Å². The molecular formula is C31H24F2N4Na2O12S2. The van der Waals surface area contributed by atoms with Crippen LogP contribution >= 0.6 is 0 Å². The third-order valence-corrected chi connectivity index (χ3v) is 8.22. The SMILES string of the molecule is CCOC(=O)C1=NN(c2ccc(S(=O)(=O)[O-])cc2[18F])C(=O)\C1=C/C=C/C=C/C=C/c1c(C(=O)OCC)nn(-c2ccc(S(=O)(=O)[O-])cc2[18F])c1O.[Na+].[Na+]. The van der Waals surface area contributed by atoms with Gasteiger partial charge in [0.05, 0.1) is 34.1 Å². The molecule has 0 fully saturated rings. The molecule has 0 unspecified atom stereocenters. The summed E-state index contributed by atoms with van der Waals surface area (Å²) in [5.41, 5.74) is -2.50. The molecule has 2 aromatic carbocycles. The molecule has 1 aliphatic rings. The molecule has 268 valence electrons. The summed E-state index contributed by atoms with van der Waals surface area (Å²) in [6, 6.07) is 4.11. The second kappa shape index (κ2) is 19.0. The summed E-state index contributed by atoms with van der Waals surface area (Å²) in [6.07, 6.45) is 9.17. The maximum absolute atomic E-state index is 14.7. The number of nitrogens with zero attached hydrogens (tertiary/aromatic N) is 4. The molecular weight excluding hydrogens is 766 g/mol. The van der Waals surface area contributed by atoms with Gasteiger partial charge in [-0.25, -0.2) is 35.2 Å². The largest absolute Gasteiger partial charge is 1.00 e. The van der Waals surface area contributed by atoms with E-state index in [0.717, 1.165) is 30.3 Å². The first-order valence-corrected chi connectivity index (χ1v) is 17.1. The maximum atomic E-state index is 14.7. The summed E-state index contributed by atoms with van der Waals surface area (Å²) in [6.45, 7) is 2.84. The van der Waals surface area contributed by atoms with Gasteiger partial charge in [-0.05, 0) is 62.4 Å². The number of amides is 1. The van der Waals surface area contributed by atoms with Crippen molar-refractivity contribution in [1.82, 2.24) is 9.78 Å². The molecule has 1 aliphatic heterocycles. The van der Waals surface area contributed by atoms with Crippen molar-refractivity contribution in [2.45, 2.75) is 23.6 Å². The summed E-state index contributed by atoms with van der Waals surface area (Å²) >= 11 is 0. The summed E-state index contributed by atoms with van der Waals surface area (Å²) < 4.78 is 107. The molecule has 1 N–H and O–H groups in total. The molecule has 1 amide bonds. The zero-order valence-electron chi connectivity index (χ0n) is 28.2. The minimum absolute atomic E-state index is 0. The molecule has 0 spiro atoms. The number of aromatic hydroxyl groups is 1. The van der Waals surface area contributed by atoms with E-state index in [1.54, 1.807) is 0 Å². The Hall–Kier alpha value is -3.83. The van der Waals surface area contributed by atoms with E-state index in [2.05, 4.69) is 10.2 Å². The Kier molecular flexibility index (Phi) is 16.2. The van der Waals surface area contributed by atoms with Crippen LogP contribution in [0.1, 0.15) is 29.9 Å². The van der Waals surface area contributed by atoms with E-state index in [4.69, 9.17) is 9.47 Å². The van der Waals surface area contributed by atoms with Gasteiger partial charge in [-0.1, -0.05) is 30.4 Å². The third-order valence-electron chi connectivity index (χ3n) is 6.55. The van der Waals surface area contributed by atoms with Crippen LogP contribution in [0, 0.1) is 11.6 Å². The first-order valence-electron chi connectivity index (χ1n) is 14.3. The molecule has 53 heavy (non-hydrogen) atoms. The van der Waals surface area contributed by atoms with Crippen molar-refractivity contribution in [2.75, 3.05) is 18.2 Å². The minimum atomic E-state index is -5.00. The number of allylic oxidation sites excluding steroid dienone is 6. The number of ether oxygens (including phenoxy) is 2. The topological polar surface area (TPSA) is 238 Å². The molecule has 2 heterocycles. The fourth-order valence-electron chi connectivity index (χ4n) is 4.30. The van der Waals surface area contributed by atoms with Gasteiger partial charge in [0.25, 0.3) is 5.91 Å². The monoisotopic (exact) mass is 790 g/mol. The Morgan fingerprint density at radius 3 is 1.87 bits per heavy atom. The van der Waals surface area contributed by atoms with E-state index in [0.29, 0.717) is 21.8 Å². The molecule has 0 saturated heterocycles. The number of benzene rings is 2. The Bertz CT molecular complexity index is 2310. The normalized spacial score (nSPS) is 14.2. The number of hydrogen-bond donors (Lipinski definition) is 1. The molecule has 1 aromatic heterocycles. The average Bonchev–Trinajstić information content (AvgIpc) is 3.55. The zero-order chi connectivity index (χ0) is 37.7. The zero-order valence-corrected chi connectivity index (χ0v) is 33.9. The minimum Gasteiger partial charge on any atom is -0.744 e. The van der Waals surface area contributed by atoms with E-state index < -0.39 is 88.2 Å². The van der Waals surface area contributed by atoms with Crippen LogP contribution in [-0.2, 0) is 39.3 Å². The van der Waals surface area contributed by atoms with Crippen LogP contribution in [0.3, 0.4) is 0 Å². The van der Waals surface area contributed by atoms with E-state index in [9.17, 15) is 54.2 Å². The molecule has 16 nitrogen and oxygen atoms in total. The van der Waals surface area contributed by atoms with Crippen LogP contribution < -0.4 is 64.1 Å². The quantitative estimate of drug-likeness (QED) is 0.0629. The third kappa shape index (κ3) is 10.7. The molecule has 0 bridgehead atoms. The number of rotatable bonds is 12. The van der Waals surface area contributed by atoms with Gasteiger partial charge in [0.1, 0.15) is 43.2 Å². The van der Waals surface area contributed by atoms with Crippen LogP contribution in [0.25, 0.3) is 11.8 Å². The van der Waals surface area contributed by atoms with Crippen molar-refractivity contribution in [3.63, 3.8) is 0 Å². The van der Waals surface area contributed by atoms with Crippen molar-refractivity contribution in [1.29, 1.82) is 0 Å². The number of carbonyl (C=O) groups is 3. The van der Waals surface area contributed by atoms with Crippen LogP contribution in [0.4, 0.5) is 14.5 Å². The molecule has 0 radical (unpaired) electrons.